The number of aromatic nitrogens is 4. The first kappa shape index (κ1) is 49.4. The number of ether oxygens (including phenoxy) is 2. The first-order valence-corrected chi connectivity index (χ1v) is 25.8. The Kier molecular flexibility index (Phi) is 16.3. The summed E-state index contributed by atoms with van der Waals surface area (Å²) < 4.78 is 12.9. The molecule has 70 heavy (non-hydrogen) atoms. The molecular formula is C64H70N4O2. The zero-order valence-corrected chi connectivity index (χ0v) is 42.8. The zero-order chi connectivity index (χ0) is 49.1. The molecule has 8 bridgehead atoms. The summed E-state index contributed by atoms with van der Waals surface area (Å²) in [6.07, 6.45) is 29.1. The summed E-state index contributed by atoms with van der Waals surface area (Å²) in [4.78, 5) is 18.5. The van der Waals surface area contributed by atoms with Gasteiger partial charge in [-0.2, -0.15) is 0 Å². The highest BCUT2D eigenvalue weighted by molar-refractivity contribution is 5.97. The van der Waals surface area contributed by atoms with Gasteiger partial charge >= 0.3 is 0 Å². The number of unbranched alkanes of at least 4 members (excludes halogenated alkanes) is 10. The molecule has 358 valence electrons. The van der Waals surface area contributed by atoms with Crippen LogP contribution in [-0.2, 0) is 0 Å². The lowest BCUT2D eigenvalue weighted by Crippen LogP contribution is -2.01. The maximum absolute atomic E-state index is 6.54. The normalized spacial score (nSPS) is 11.7. The van der Waals surface area contributed by atoms with Gasteiger partial charge in [0.2, 0.25) is 0 Å². The van der Waals surface area contributed by atoms with Gasteiger partial charge in [0.05, 0.1) is 63.7 Å². The fraction of sp³-hybridized carbons (Fsp3) is 0.344. The Labute approximate surface area is 417 Å². The van der Waals surface area contributed by atoms with Crippen molar-refractivity contribution in [1.29, 1.82) is 0 Å². The molecule has 6 nitrogen and oxygen atoms in total. The first-order chi connectivity index (χ1) is 34.1. The van der Waals surface area contributed by atoms with Crippen molar-refractivity contribution in [3.05, 3.63) is 140 Å². The minimum atomic E-state index is 0.630. The lowest BCUT2D eigenvalue weighted by molar-refractivity contribution is 0.295. The van der Waals surface area contributed by atoms with Gasteiger partial charge in [-0.3, -0.25) is 0 Å². The molecule has 2 aliphatic rings. The van der Waals surface area contributed by atoms with Gasteiger partial charge in [0.15, 0.2) is 0 Å². The summed E-state index contributed by atoms with van der Waals surface area (Å²) in [5.74, 6) is 11.8. The van der Waals surface area contributed by atoms with Crippen molar-refractivity contribution in [2.45, 2.75) is 132 Å². The number of nitrogens with zero attached hydrogens (tertiary/aromatic N) is 2. The smallest absolute Gasteiger partial charge is 0.135 e. The summed E-state index contributed by atoms with van der Waals surface area (Å²) in [5.41, 5.74) is 20.2. The Morgan fingerprint density at radius 1 is 0.457 bits per heavy atom. The van der Waals surface area contributed by atoms with Crippen LogP contribution < -0.4 is 9.47 Å². The average Bonchev–Trinajstić information content (AvgIpc) is 4.19. The zero-order valence-electron chi connectivity index (χ0n) is 42.8. The molecule has 0 unspecified atom stereocenters. The molecule has 5 heterocycles. The van der Waals surface area contributed by atoms with Crippen LogP contribution in [0.3, 0.4) is 0 Å². The first-order valence-electron chi connectivity index (χ1n) is 25.8. The van der Waals surface area contributed by atoms with Gasteiger partial charge < -0.3 is 19.4 Å². The van der Waals surface area contributed by atoms with Crippen molar-refractivity contribution in [3.8, 4) is 57.9 Å². The molecule has 6 aromatic rings. The molecule has 0 spiro atoms. The van der Waals surface area contributed by atoms with Gasteiger partial charge in [-0.15, -0.1) is 6.42 Å². The number of benzene rings is 3. The second-order valence-electron chi connectivity index (χ2n) is 19.3. The van der Waals surface area contributed by atoms with Crippen LogP contribution in [0.25, 0.3) is 68.6 Å². The Bertz CT molecular complexity index is 3030. The van der Waals surface area contributed by atoms with Crippen LogP contribution in [0.5, 0.6) is 11.5 Å². The average molecular weight is 927 g/mol. The maximum Gasteiger partial charge on any atom is 0.135 e. The minimum Gasteiger partial charge on any atom is -0.494 e. The van der Waals surface area contributed by atoms with E-state index in [2.05, 4.69) is 156 Å². The lowest BCUT2D eigenvalue weighted by atomic mass is 9.92. The minimum absolute atomic E-state index is 0.630. The third-order valence-electron chi connectivity index (χ3n) is 13.5. The predicted molar refractivity (Wildman–Crippen MR) is 296 cm³/mol. The SMILES string of the molecule is C#Cc1c2ccc([nH]2)c(-c2c(C)cc(C)cc2C)c2nc(c(C#Cc3cc(OCCCCCCCC)ccc3OCCCCCCCC)c3nc(c(-c4c(C)cc(C)cc4C)c4ccc1[nH]4)C=C3)C=C2. The second-order valence-corrected chi connectivity index (χ2v) is 19.3. The third-order valence-corrected chi connectivity index (χ3v) is 13.5. The van der Waals surface area contributed by atoms with E-state index in [-0.39, 0.29) is 0 Å². The number of rotatable bonds is 18. The van der Waals surface area contributed by atoms with Crippen LogP contribution >= 0.6 is 0 Å². The summed E-state index contributed by atoms with van der Waals surface area (Å²) in [7, 11) is 0. The molecule has 0 amide bonds. The van der Waals surface area contributed by atoms with Crippen molar-refractivity contribution in [1.82, 2.24) is 19.9 Å². The number of hydrogen-bond acceptors (Lipinski definition) is 4. The molecule has 0 saturated heterocycles. The summed E-state index contributed by atoms with van der Waals surface area (Å²) in [6.45, 7) is 18.8. The van der Waals surface area contributed by atoms with E-state index >= 15 is 0 Å². The molecule has 2 aliphatic heterocycles. The Morgan fingerprint density at radius 2 is 0.900 bits per heavy atom. The summed E-state index contributed by atoms with van der Waals surface area (Å²) in [6, 6.07) is 23.5. The molecule has 2 N–H and O–H groups in total. The second kappa shape index (κ2) is 23.1. The maximum atomic E-state index is 6.54. The number of aryl methyl sites for hydroxylation is 6. The molecule has 8 rings (SSSR count). The van der Waals surface area contributed by atoms with E-state index in [4.69, 9.17) is 25.9 Å². The van der Waals surface area contributed by atoms with Gasteiger partial charge in [0.1, 0.15) is 11.5 Å². The molecule has 0 saturated carbocycles. The number of aromatic amines is 2. The molecule has 0 radical (unpaired) electrons. The van der Waals surface area contributed by atoms with E-state index in [9.17, 15) is 0 Å². The molecule has 3 aromatic heterocycles. The van der Waals surface area contributed by atoms with Gasteiger partial charge in [-0.05, 0) is 155 Å². The van der Waals surface area contributed by atoms with E-state index in [0.29, 0.717) is 13.2 Å². The molecular weight excluding hydrogens is 857 g/mol. The van der Waals surface area contributed by atoms with E-state index in [1.807, 2.05) is 18.2 Å². The van der Waals surface area contributed by atoms with Crippen molar-refractivity contribution in [2.24, 2.45) is 0 Å². The third kappa shape index (κ3) is 11.4. The van der Waals surface area contributed by atoms with Gasteiger partial charge in [-0.1, -0.05) is 131 Å². The van der Waals surface area contributed by atoms with Crippen LogP contribution in [0.4, 0.5) is 0 Å². The standard InChI is InChI=1S/C64H70N4O2/c1-10-13-15-17-19-21-35-69-49-24-34-60(70-36-22-20-18-16-14-11-2)48(41-49)23-25-51-54-28-32-58(67-54)63(61-44(6)37-42(4)38-45(61)7)56-30-26-52(65-56)50(12-3)53-27-31-57(66-53)64(59-33-29-55(51)68-59)62-46(8)39-43(5)40-47(62)9/h3,24,26-34,37-41,65-66H,10-11,13-22,35-36H2,1-2,4-9H3. The van der Waals surface area contributed by atoms with Crippen LogP contribution in [0, 0.1) is 65.7 Å². The molecule has 0 fully saturated rings. The number of H-pyrrole nitrogens is 2. The van der Waals surface area contributed by atoms with E-state index in [1.165, 1.54) is 91.2 Å². The van der Waals surface area contributed by atoms with Crippen molar-refractivity contribution in [3.63, 3.8) is 0 Å². The quantitative estimate of drug-likeness (QED) is 0.0664. The monoisotopic (exact) mass is 927 g/mol. The summed E-state index contributed by atoms with van der Waals surface area (Å²) >= 11 is 0. The summed E-state index contributed by atoms with van der Waals surface area (Å²) in [5, 5.41) is 0. The number of nitrogens with one attached hydrogen (secondary N) is 2. The molecule has 0 atom stereocenters. The lowest BCUT2D eigenvalue weighted by Gasteiger charge is -2.13. The highest BCUT2D eigenvalue weighted by atomic mass is 16.5. The number of terminal acetylenes is 1. The highest BCUT2D eigenvalue weighted by Crippen LogP contribution is 2.39. The van der Waals surface area contributed by atoms with Crippen LogP contribution in [0.15, 0.2) is 66.7 Å². The van der Waals surface area contributed by atoms with Crippen LogP contribution in [0.2, 0.25) is 0 Å². The molecule has 3 aromatic carbocycles. The number of fused-ring (bicyclic) bond motifs is 8. The van der Waals surface area contributed by atoms with E-state index in [0.717, 1.165) is 115 Å². The number of hydrogen-bond donors (Lipinski definition) is 2. The predicted octanol–water partition coefficient (Wildman–Crippen LogP) is 16.7. The van der Waals surface area contributed by atoms with Crippen LogP contribution in [-0.4, -0.2) is 33.1 Å². The van der Waals surface area contributed by atoms with Crippen molar-refractivity contribution in [2.75, 3.05) is 13.2 Å². The Balaban J connectivity index is 1.36. The van der Waals surface area contributed by atoms with Crippen molar-refractivity contribution < 1.29 is 9.47 Å². The van der Waals surface area contributed by atoms with Gasteiger partial charge in [-0.25, -0.2) is 9.97 Å². The fourth-order valence-corrected chi connectivity index (χ4v) is 10.3. The fourth-order valence-electron chi connectivity index (χ4n) is 10.3. The largest absolute Gasteiger partial charge is 0.494 e. The van der Waals surface area contributed by atoms with Crippen LogP contribution in [0.1, 0.15) is 164 Å². The highest BCUT2D eigenvalue weighted by Gasteiger charge is 2.21. The van der Waals surface area contributed by atoms with E-state index in [1.54, 1.807) is 0 Å². The Hall–Kier alpha value is -7.02. The molecule has 0 aliphatic carbocycles. The Morgan fingerprint density at radius 3 is 1.39 bits per heavy atom. The topological polar surface area (TPSA) is 75.8 Å². The van der Waals surface area contributed by atoms with Gasteiger partial charge in [0.25, 0.3) is 0 Å². The van der Waals surface area contributed by atoms with Crippen molar-refractivity contribution >= 4 is 46.4 Å². The molecule has 6 heteroatoms. The van der Waals surface area contributed by atoms with E-state index < -0.39 is 0 Å². The van der Waals surface area contributed by atoms with Gasteiger partial charge in [0, 0.05) is 22.2 Å².